The van der Waals surface area contributed by atoms with Crippen LogP contribution in [0.25, 0.3) is 6.08 Å². The Morgan fingerprint density at radius 1 is 1.36 bits per heavy atom. The van der Waals surface area contributed by atoms with Gasteiger partial charge in [0.05, 0.1) is 11.3 Å². The van der Waals surface area contributed by atoms with Gasteiger partial charge in [0.25, 0.3) is 0 Å². The SMILES string of the molecule is Cn1nccc1/C=C/C(=O)Nc1ccc(Br)c(C(F)(F)F)c1. The van der Waals surface area contributed by atoms with E-state index in [4.69, 9.17) is 0 Å². The molecule has 2 rings (SSSR count). The third-order valence-corrected chi connectivity index (χ3v) is 3.50. The molecule has 22 heavy (non-hydrogen) atoms. The molecule has 0 radical (unpaired) electrons. The molecule has 8 heteroatoms. The maximum absolute atomic E-state index is 12.8. The molecule has 116 valence electrons. The van der Waals surface area contributed by atoms with Crippen molar-refractivity contribution < 1.29 is 18.0 Å². The number of alkyl halides is 3. The largest absolute Gasteiger partial charge is 0.417 e. The van der Waals surface area contributed by atoms with E-state index in [-0.39, 0.29) is 10.2 Å². The minimum Gasteiger partial charge on any atom is -0.322 e. The summed E-state index contributed by atoms with van der Waals surface area (Å²) in [6, 6.07) is 5.20. The number of benzene rings is 1. The minimum atomic E-state index is -4.50. The van der Waals surface area contributed by atoms with E-state index in [0.29, 0.717) is 5.69 Å². The zero-order valence-electron chi connectivity index (χ0n) is 11.4. The van der Waals surface area contributed by atoms with Crippen molar-refractivity contribution in [3.05, 3.63) is 52.3 Å². The molecule has 2 aromatic rings. The Balaban J connectivity index is 2.12. The molecule has 1 heterocycles. The molecular formula is C14H11BrF3N3O. The fourth-order valence-electron chi connectivity index (χ4n) is 1.71. The second kappa shape index (κ2) is 6.35. The summed E-state index contributed by atoms with van der Waals surface area (Å²) in [6.45, 7) is 0. The van der Waals surface area contributed by atoms with Crippen LogP contribution in [0.4, 0.5) is 18.9 Å². The van der Waals surface area contributed by atoms with Crippen LogP contribution >= 0.6 is 15.9 Å². The van der Waals surface area contributed by atoms with Crippen LogP contribution in [-0.4, -0.2) is 15.7 Å². The average Bonchev–Trinajstić information content (AvgIpc) is 2.83. The summed E-state index contributed by atoms with van der Waals surface area (Å²) in [6.07, 6.45) is -0.176. The molecule has 0 saturated carbocycles. The number of nitrogens with zero attached hydrogens (tertiary/aromatic N) is 2. The minimum absolute atomic E-state index is 0.0650. The van der Waals surface area contributed by atoms with E-state index in [1.807, 2.05) is 0 Å². The summed E-state index contributed by atoms with van der Waals surface area (Å²) in [7, 11) is 1.71. The highest BCUT2D eigenvalue weighted by Gasteiger charge is 2.33. The number of carbonyl (C=O) groups excluding carboxylic acids is 1. The lowest BCUT2D eigenvalue weighted by Gasteiger charge is -2.11. The normalized spacial score (nSPS) is 11.9. The van der Waals surface area contributed by atoms with Crippen LogP contribution in [0.3, 0.4) is 0 Å². The number of hydrogen-bond acceptors (Lipinski definition) is 2. The van der Waals surface area contributed by atoms with Gasteiger partial charge in [-0.15, -0.1) is 0 Å². The van der Waals surface area contributed by atoms with Gasteiger partial charge in [-0.2, -0.15) is 18.3 Å². The first-order valence-corrected chi connectivity index (χ1v) is 6.90. The van der Waals surface area contributed by atoms with Crippen molar-refractivity contribution in [1.29, 1.82) is 0 Å². The summed E-state index contributed by atoms with van der Waals surface area (Å²) in [5, 5.41) is 6.32. The van der Waals surface area contributed by atoms with E-state index in [1.54, 1.807) is 24.0 Å². The van der Waals surface area contributed by atoms with Gasteiger partial charge in [-0.3, -0.25) is 9.48 Å². The molecule has 1 aromatic heterocycles. The molecule has 1 aromatic carbocycles. The van der Waals surface area contributed by atoms with Crippen LogP contribution in [-0.2, 0) is 18.0 Å². The zero-order valence-corrected chi connectivity index (χ0v) is 12.9. The third kappa shape index (κ3) is 3.97. The van der Waals surface area contributed by atoms with Crippen LogP contribution in [0, 0.1) is 0 Å². The van der Waals surface area contributed by atoms with E-state index < -0.39 is 17.6 Å². The Kier molecular flexibility index (Phi) is 4.70. The van der Waals surface area contributed by atoms with Gasteiger partial charge in [0.2, 0.25) is 5.91 Å². The maximum atomic E-state index is 12.8. The Morgan fingerprint density at radius 3 is 2.68 bits per heavy atom. The Hall–Kier alpha value is -2.09. The van der Waals surface area contributed by atoms with Crippen LogP contribution in [0.1, 0.15) is 11.3 Å². The molecule has 1 N–H and O–H groups in total. The first-order chi connectivity index (χ1) is 10.3. The molecule has 0 bridgehead atoms. The lowest BCUT2D eigenvalue weighted by molar-refractivity contribution is -0.138. The van der Waals surface area contributed by atoms with E-state index in [1.165, 1.54) is 24.3 Å². The predicted octanol–water partition coefficient (Wildman–Crippen LogP) is 3.85. The highest BCUT2D eigenvalue weighted by Crippen LogP contribution is 2.36. The van der Waals surface area contributed by atoms with Gasteiger partial charge in [0, 0.05) is 29.5 Å². The van der Waals surface area contributed by atoms with Gasteiger partial charge in [-0.1, -0.05) is 15.9 Å². The van der Waals surface area contributed by atoms with Gasteiger partial charge in [-0.25, -0.2) is 0 Å². The summed E-state index contributed by atoms with van der Waals surface area (Å²) >= 11 is 2.84. The number of amides is 1. The summed E-state index contributed by atoms with van der Waals surface area (Å²) in [5.41, 5.74) is -0.0852. The average molecular weight is 374 g/mol. The van der Waals surface area contributed by atoms with E-state index in [0.717, 1.165) is 6.07 Å². The summed E-state index contributed by atoms with van der Waals surface area (Å²) in [5.74, 6) is -0.531. The summed E-state index contributed by atoms with van der Waals surface area (Å²) in [4.78, 5) is 11.7. The van der Waals surface area contributed by atoms with Gasteiger partial charge >= 0.3 is 6.18 Å². The first kappa shape index (κ1) is 16.3. The Labute approximate surface area is 132 Å². The van der Waals surface area contributed by atoms with Crippen LogP contribution in [0.5, 0.6) is 0 Å². The van der Waals surface area contributed by atoms with Crippen molar-refractivity contribution in [2.45, 2.75) is 6.18 Å². The van der Waals surface area contributed by atoms with Crippen molar-refractivity contribution in [2.24, 2.45) is 7.05 Å². The second-order valence-corrected chi connectivity index (χ2v) is 5.25. The fourth-order valence-corrected chi connectivity index (χ4v) is 2.18. The zero-order chi connectivity index (χ0) is 16.3. The number of carbonyl (C=O) groups is 1. The molecule has 4 nitrogen and oxygen atoms in total. The number of rotatable bonds is 3. The van der Waals surface area contributed by atoms with Crippen molar-refractivity contribution in [2.75, 3.05) is 5.32 Å². The monoisotopic (exact) mass is 373 g/mol. The summed E-state index contributed by atoms with van der Waals surface area (Å²) < 4.78 is 39.8. The quantitative estimate of drug-likeness (QED) is 0.830. The predicted molar refractivity (Wildman–Crippen MR) is 80.0 cm³/mol. The van der Waals surface area contributed by atoms with E-state index in [2.05, 4.69) is 26.3 Å². The molecule has 0 aliphatic heterocycles. The Morgan fingerprint density at radius 2 is 2.09 bits per heavy atom. The first-order valence-electron chi connectivity index (χ1n) is 6.11. The smallest absolute Gasteiger partial charge is 0.322 e. The van der Waals surface area contributed by atoms with Crippen LogP contribution < -0.4 is 5.32 Å². The van der Waals surface area contributed by atoms with Crippen LogP contribution in [0.15, 0.2) is 41.0 Å². The number of hydrogen-bond donors (Lipinski definition) is 1. The fraction of sp³-hybridized carbons (Fsp3) is 0.143. The maximum Gasteiger partial charge on any atom is 0.417 e. The second-order valence-electron chi connectivity index (χ2n) is 4.39. The number of nitrogens with one attached hydrogen (secondary N) is 1. The molecule has 0 saturated heterocycles. The van der Waals surface area contributed by atoms with Crippen LogP contribution in [0.2, 0.25) is 0 Å². The highest BCUT2D eigenvalue weighted by atomic mass is 79.9. The topological polar surface area (TPSA) is 46.9 Å². The number of aromatic nitrogens is 2. The number of aryl methyl sites for hydroxylation is 1. The van der Waals surface area contributed by atoms with E-state index in [9.17, 15) is 18.0 Å². The standard InChI is InChI=1S/C14H11BrF3N3O/c1-21-10(6-7-19-21)3-5-13(22)20-9-2-4-12(15)11(8-9)14(16,17)18/h2-8H,1H3,(H,20,22)/b5-3+. The van der Waals surface area contributed by atoms with Gasteiger partial charge < -0.3 is 5.32 Å². The van der Waals surface area contributed by atoms with E-state index >= 15 is 0 Å². The van der Waals surface area contributed by atoms with Crippen molar-refractivity contribution >= 4 is 33.6 Å². The molecule has 0 spiro atoms. The molecule has 0 fully saturated rings. The highest BCUT2D eigenvalue weighted by molar-refractivity contribution is 9.10. The lowest BCUT2D eigenvalue weighted by atomic mass is 10.2. The van der Waals surface area contributed by atoms with Gasteiger partial charge in [0.15, 0.2) is 0 Å². The molecule has 0 atom stereocenters. The Bertz CT molecular complexity index is 722. The molecular weight excluding hydrogens is 363 g/mol. The molecule has 0 unspecified atom stereocenters. The molecule has 0 aliphatic carbocycles. The molecule has 1 amide bonds. The van der Waals surface area contributed by atoms with Crippen molar-refractivity contribution in [3.8, 4) is 0 Å². The third-order valence-electron chi connectivity index (χ3n) is 2.80. The van der Waals surface area contributed by atoms with Gasteiger partial charge in [-0.05, 0) is 30.3 Å². The molecule has 0 aliphatic rings. The lowest BCUT2D eigenvalue weighted by Crippen LogP contribution is -2.11. The number of anilines is 1. The number of halogens is 4. The van der Waals surface area contributed by atoms with Gasteiger partial charge in [0.1, 0.15) is 0 Å². The van der Waals surface area contributed by atoms with Crippen molar-refractivity contribution in [1.82, 2.24) is 9.78 Å². The van der Waals surface area contributed by atoms with Crippen molar-refractivity contribution in [3.63, 3.8) is 0 Å².